The Morgan fingerprint density at radius 3 is 1.05 bits per heavy atom. The molecule has 0 spiro atoms. The van der Waals surface area contributed by atoms with E-state index in [1.54, 1.807) is 0 Å². The number of aryl methyl sites for hydroxylation is 2. The van der Waals surface area contributed by atoms with Crippen molar-refractivity contribution in [1.29, 1.82) is 0 Å². The van der Waals surface area contributed by atoms with Crippen LogP contribution in [0, 0.1) is 13.8 Å². The number of benzene rings is 15. The zero-order valence-corrected chi connectivity index (χ0v) is 43.6. The van der Waals surface area contributed by atoms with Gasteiger partial charge in [0.1, 0.15) is 0 Å². The van der Waals surface area contributed by atoms with Crippen molar-refractivity contribution in [2.75, 3.05) is 0 Å². The molecule has 0 bridgehead atoms. The minimum atomic E-state index is 1.24. The molecule has 0 N–H and O–H groups in total. The van der Waals surface area contributed by atoms with Crippen LogP contribution in [0.1, 0.15) is 11.1 Å². The summed E-state index contributed by atoms with van der Waals surface area (Å²) in [4.78, 5) is 0. The van der Waals surface area contributed by atoms with E-state index in [-0.39, 0.29) is 0 Å². The van der Waals surface area contributed by atoms with Crippen molar-refractivity contribution >= 4 is 64.6 Å². The maximum Gasteiger partial charge on any atom is -0.00134 e. The molecular formula is C78H52. The zero-order chi connectivity index (χ0) is 51.8. The standard InChI is InChI=1S/C58H32.C13H12.C7H8/c1-3-13-33(14-4-1)37-19-11-12-22-40(37)52-39-21-10-8-18-36(39)32-50-46-26-24-42-43-27-29-47-55-45(25-23-41(53(43)55)44-28-30-48(58(50)52)56(46)54(42)44)49-31-35-17-7-9-20-38(35)51(57(47)49)34-15-5-2-6-16-34;1-11-7-5-6-10-13(11)12-8-3-2-4-9-12;1-7-5-3-2-4-6-7/h1-32H;2-10H,1H3;2-6H,1H3. The Kier molecular flexibility index (Phi) is 10.8. The van der Waals surface area contributed by atoms with Gasteiger partial charge in [-0.25, -0.2) is 0 Å². The molecule has 0 aromatic heterocycles. The lowest BCUT2D eigenvalue weighted by molar-refractivity contribution is 1.46. The van der Waals surface area contributed by atoms with Crippen molar-refractivity contribution < 1.29 is 0 Å². The fourth-order valence-corrected chi connectivity index (χ4v) is 13.2. The van der Waals surface area contributed by atoms with E-state index >= 15 is 0 Å². The molecule has 0 radical (unpaired) electrons. The maximum atomic E-state index is 2.44. The van der Waals surface area contributed by atoms with Crippen LogP contribution in [-0.4, -0.2) is 0 Å². The molecule has 0 saturated carbocycles. The number of hydrogen-bond acceptors (Lipinski definition) is 0. The van der Waals surface area contributed by atoms with Gasteiger partial charge in [-0.15, -0.1) is 0 Å². The van der Waals surface area contributed by atoms with Gasteiger partial charge >= 0.3 is 0 Å². The summed E-state index contributed by atoms with van der Waals surface area (Å²) in [6.45, 7) is 4.22. The van der Waals surface area contributed by atoms with Crippen molar-refractivity contribution in [3.63, 3.8) is 0 Å². The Hall–Kier alpha value is -9.88. The zero-order valence-electron chi connectivity index (χ0n) is 43.6. The SMILES string of the molecule is Cc1ccccc1.Cc1ccccc1-c1ccccc1.c1ccc(-c2ccccc2-c2c3c(cc4ccccc24)-c2ccc4c5ccc6c7c(ccc(c8ccc-3c2c48)c75)-c2cc3ccccc3c(-c3ccccc3)c2-6)cc1. The molecule has 0 heterocycles. The minimum absolute atomic E-state index is 1.24. The molecule has 0 atom stereocenters. The monoisotopic (exact) mass is 988 g/mol. The third-order valence-electron chi connectivity index (χ3n) is 16.6. The Morgan fingerprint density at radius 2 is 0.564 bits per heavy atom. The van der Waals surface area contributed by atoms with E-state index in [9.17, 15) is 0 Å². The van der Waals surface area contributed by atoms with Gasteiger partial charge < -0.3 is 0 Å². The van der Waals surface area contributed by atoms with Crippen LogP contribution in [0.5, 0.6) is 0 Å². The van der Waals surface area contributed by atoms with E-state index in [1.165, 1.54) is 165 Å². The molecule has 15 aromatic carbocycles. The van der Waals surface area contributed by atoms with Crippen LogP contribution in [0.2, 0.25) is 0 Å². The summed E-state index contributed by atoms with van der Waals surface area (Å²) < 4.78 is 0. The molecule has 0 saturated heterocycles. The quantitative estimate of drug-likeness (QED) is 0.122. The van der Waals surface area contributed by atoms with Crippen LogP contribution in [0.4, 0.5) is 0 Å². The third-order valence-corrected chi connectivity index (χ3v) is 16.6. The number of hydrogen-bond donors (Lipinski definition) is 0. The number of rotatable bonds is 4. The first-order valence-corrected chi connectivity index (χ1v) is 27.2. The molecule has 78 heavy (non-hydrogen) atoms. The summed E-state index contributed by atoms with van der Waals surface area (Å²) in [6, 6.07) is 102. The maximum absolute atomic E-state index is 2.44. The van der Waals surface area contributed by atoms with E-state index in [0.29, 0.717) is 0 Å². The van der Waals surface area contributed by atoms with Gasteiger partial charge in [0.15, 0.2) is 0 Å². The molecule has 364 valence electrons. The van der Waals surface area contributed by atoms with Crippen molar-refractivity contribution in [2.45, 2.75) is 13.8 Å². The van der Waals surface area contributed by atoms with Gasteiger partial charge in [-0.1, -0.05) is 272 Å². The second-order valence-electron chi connectivity index (χ2n) is 21.0. The fraction of sp³-hybridized carbons (Fsp3) is 0.0256. The van der Waals surface area contributed by atoms with Crippen LogP contribution in [-0.2, 0) is 0 Å². The lowest BCUT2D eigenvalue weighted by Crippen LogP contribution is -1.91. The average Bonchev–Trinajstić information content (AvgIpc) is 4.23. The summed E-state index contributed by atoms with van der Waals surface area (Å²) >= 11 is 0. The molecular weight excluding hydrogens is 937 g/mol. The first kappa shape index (κ1) is 45.5. The lowest BCUT2D eigenvalue weighted by atomic mass is 9.84. The first-order chi connectivity index (χ1) is 38.6. The second kappa shape index (κ2) is 18.4. The Balaban J connectivity index is 0.000000222. The van der Waals surface area contributed by atoms with Crippen LogP contribution < -0.4 is 0 Å². The van der Waals surface area contributed by atoms with Crippen molar-refractivity contribution in [2.24, 2.45) is 0 Å². The summed E-state index contributed by atoms with van der Waals surface area (Å²) in [5.74, 6) is 0. The van der Waals surface area contributed by atoms with E-state index < -0.39 is 0 Å². The summed E-state index contributed by atoms with van der Waals surface area (Å²) in [6.07, 6.45) is 0. The number of fused-ring (bicyclic) bond motifs is 10. The molecule has 0 amide bonds. The molecule has 17 rings (SSSR count). The highest BCUT2D eigenvalue weighted by molar-refractivity contribution is 6.41. The van der Waals surface area contributed by atoms with Gasteiger partial charge in [0.05, 0.1) is 0 Å². The third kappa shape index (κ3) is 7.14. The summed E-state index contributed by atoms with van der Waals surface area (Å²) in [5, 5.41) is 16.0. The van der Waals surface area contributed by atoms with E-state index in [1.807, 2.05) is 24.3 Å². The minimum Gasteiger partial charge on any atom is -0.0622 e. The highest BCUT2D eigenvalue weighted by atomic mass is 14.3. The van der Waals surface area contributed by atoms with Gasteiger partial charge in [0, 0.05) is 0 Å². The molecule has 0 aliphatic heterocycles. The van der Waals surface area contributed by atoms with Gasteiger partial charge in [0.2, 0.25) is 0 Å². The highest BCUT2D eigenvalue weighted by Gasteiger charge is 2.32. The van der Waals surface area contributed by atoms with Gasteiger partial charge in [-0.05, 0) is 185 Å². The summed E-state index contributed by atoms with van der Waals surface area (Å²) in [5.41, 5.74) is 23.6. The predicted molar refractivity (Wildman–Crippen MR) is 336 cm³/mol. The Morgan fingerprint density at radius 1 is 0.192 bits per heavy atom. The van der Waals surface area contributed by atoms with E-state index in [4.69, 9.17) is 0 Å². The predicted octanol–water partition coefficient (Wildman–Crippen LogP) is 22.0. The Bertz CT molecular complexity index is 4800. The van der Waals surface area contributed by atoms with Crippen LogP contribution >= 0.6 is 0 Å². The average molecular weight is 989 g/mol. The Labute approximate surface area is 455 Å². The topological polar surface area (TPSA) is 0 Å². The van der Waals surface area contributed by atoms with Crippen LogP contribution in [0.25, 0.3) is 154 Å². The van der Waals surface area contributed by atoms with Gasteiger partial charge in [-0.3, -0.25) is 0 Å². The van der Waals surface area contributed by atoms with Crippen molar-refractivity contribution in [3.05, 3.63) is 290 Å². The second-order valence-corrected chi connectivity index (χ2v) is 21.0. The van der Waals surface area contributed by atoms with E-state index in [2.05, 4.69) is 269 Å². The smallest absolute Gasteiger partial charge is 0.00134 e. The van der Waals surface area contributed by atoms with Crippen molar-refractivity contribution in [3.8, 4) is 89.0 Å². The largest absolute Gasteiger partial charge is 0.0622 e. The normalized spacial score (nSPS) is 11.7. The van der Waals surface area contributed by atoms with Gasteiger partial charge in [0.25, 0.3) is 0 Å². The molecule has 15 aromatic rings. The molecule has 0 nitrogen and oxygen atoms in total. The van der Waals surface area contributed by atoms with E-state index in [0.717, 1.165) is 0 Å². The molecule has 0 heteroatoms. The summed E-state index contributed by atoms with van der Waals surface area (Å²) in [7, 11) is 0. The lowest BCUT2D eigenvalue weighted by Gasteiger charge is -2.18. The molecule has 0 fully saturated rings. The van der Waals surface area contributed by atoms with Gasteiger partial charge in [-0.2, -0.15) is 0 Å². The molecule has 2 aliphatic rings. The molecule has 2 aliphatic carbocycles. The fourth-order valence-electron chi connectivity index (χ4n) is 13.2. The van der Waals surface area contributed by atoms with Crippen molar-refractivity contribution in [1.82, 2.24) is 0 Å². The van der Waals surface area contributed by atoms with Crippen LogP contribution in [0.15, 0.2) is 279 Å². The first-order valence-electron chi connectivity index (χ1n) is 27.2. The highest BCUT2D eigenvalue weighted by Crippen LogP contribution is 2.60. The molecule has 0 unspecified atom stereocenters. The van der Waals surface area contributed by atoms with Crippen LogP contribution in [0.3, 0.4) is 0 Å².